The summed E-state index contributed by atoms with van der Waals surface area (Å²) in [6.07, 6.45) is 3.15. The Labute approximate surface area is 116 Å². The van der Waals surface area contributed by atoms with E-state index in [4.69, 9.17) is 11.6 Å². The van der Waals surface area contributed by atoms with Crippen molar-refractivity contribution in [3.05, 3.63) is 28.8 Å². The highest BCUT2D eigenvalue weighted by atomic mass is 35.5. The summed E-state index contributed by atoms with van der Waals surface area (Å²) in [5, 5.41) is 10.1. The van der Waals surface area contributed by atoms with E-state index in [-0.39, 0.29) is 5.91 Å². The second kappa shape index (κ2) is 5.95. The lowest BCUT2D eigenvalue weighted by Gasteiger charge is -2.30. The smallest absolute Gasteiger partial charge is 0.255 e. The van der Waals surface area contributed by atoms with Crippen LogP contribution < -0.4 is 0 Å². The Morgan fingerprint density at radius 1 is 1.56 bits per heavy atom. The zero-order valence-electron chi connectivity index (χ0n) is 10.2. The van der Waals surface area contributed by atoms with Gasteiger partial charge in [0.25, 0.3) is 5.91 Å². The number of carbonyl (C=O) groups excluding carboxylic acids is 1. The second-order valence-corrected chi connectivity index (χ2v) is 5.68. The fourth-order valence-corrected chi connectivity index (χ4v) is 2.74. The van der Waals surface area contributed by atoms with Crippen molar-refractivity contribution < 1.29 is 9.90 Å². The first-order chi connectivity index (χ1) is 8.61. The minimum Gasteiger partial charge on any atom is -0.391 e. The summed E-state index contributed by atoms with van der Waals surface area (Å²) < 4.78 is 0. The van der Waals surface area contributed by atoms with E-state index in [0.717, 1.165) is 17.7 Å². The number of thioether (sulfide) groups is 1. The third-order valence-corrected chi connectivity index (χ3v) is 4.14. The summed E-state index contributed by atoms with van der Waals surface area (Å²) >= 11 is 7.66. The molecule has 0 radical (unpaired) electrons. The van der Waals surface area contributed by atoms with Crippen LogP contribution >= 0.6 is 23.4 Å². The van der Waals surface area contributed by atoms with Gasteiger partial charge in [-0.3, -0.25) is 4.79 Å². The minimum absolute atomic E-state index is 0.0883. The van der Waals surface area contributed by atoms with Gasteiger partial charge in [0, 0.05) is 18.0 Å². The van der Waals surface area contributed by atoms with Gasteiger partial charge in [0.1, 0.15) is 0 Å². The van der Waals surface area contributed by atoms with Gasteiger partial charge in [-0.05, 0) is 37.3 Å². The molecule has 1 fully saturated rings. The van der Waals surface area contributed by atoms with Crippen LogP contribution in [0.5, 0.6) is 0 Å². The average Bonchev–Trinajstić information content (AvgIpc) is 2.38. The molecule has 1 atom stereocenters. The van der Waals surface area contributed by atoms with E-state index in [0.29, 0.717) is 23.7 Å². The standard InChI is InChI=1S/C13H16ClNO2S/c1-18-10-4-5-12(14)11(7-10)13(17)15-6-2-3-9(16)8-15/h4-5,7,9,16H,2-3,6,8H2,1H3/t9-/m0/s1. The number of rotatable bonds is 2. The Bertz CT molecular complexity index is 453. The molecule has 1 aliphatic heterocycles. The van der Waals surface area contributed by atoms with E-state index < -0.39 is 6.10 Å². The first-order valence-corrected chi connectivity index (χ1v) is 7.53. The average molecular weight is 286 g/mol. The fourth-order valence-electron chi connectivity index (χ4n) is 2.10. The highest BCUT2D eigenvalue weighted by Crippen LogP contribution is 2.25. The van der Waals surface area contributed by atoms with Crippen LogP contribution in [0, 0.1) is 0 Å². The molecule has 0 saturated carbocycles. The van der Waals surface area contributed by atoms with Crippen LogP contribution in [0.4, 0.5) is 0 Å². The molecule has 0 unspecified atom stereocenters. The number of aliphatic hydroxyl groups excluding tert-OH is 1. The zero-order valence-corrected chi connectivity index (χ0v) is 11.8. The Morgan fingerprint density at radius 3 is 3.00 bits per heavy atom. The fraction of sp³-hybridized carbons (Fsp3) is 0.462. The summed E-state index contributed by atoms with van der Waals surface area (Å²) in [4.78, 5) is 15.0. The van der Waals surface area contributed by atoms with Crippen molar-refractivity contribution in [1.29, 1.82) is 0 Å². The number of piperidine rings is 1. The number of aliphatic hydroxyl groups is 1. The van der Waals surface area contributed by atoms with Crippen molar-refractivity contribution in [2.75, 3.05) is 19.3 Å². The van der Waals surface area contributed by atoms with E-state index in [1.54, 1.807) is 22.7 Å². The predicted octanol–water partition coefficient (Wildman–Crippen LogP) is 2.66. The molecule has 1 aromatic carbocycles. The molecular weight excluding hydrogens is 270 g/mol. The van der Waals surface area contributed by atoms with Gasteiger partial charge < -0.3 is 10.0 Å². The molecule has 0 bridgehead atoms. The summed E-state index contributed by atoms with van der Waals surface area (Å²) in [6, 6.07) is 5.46. The molecule has 1 amide bonds. The molecular formula is C13H16ClNO2S. The summed E-state index contributed by atoms with van der Waals surface area (Å²) in [5.74, 6) is -0.0883. The van der Waals surface area contributed by atoms with Crippen LogP contribution in [0.1, 0.15) is 23.2 Å². The predicted molar refractivity (Wildman–Crippen MR) is 74.4 cm³/mol. The topological polar surface area (TPSA) is 40.5 Å². The Morgan fingerprint density at radius 2 is 2.33 bits per heavy atom. The quantitative estimate of drug-likeness (QED) is 0.850. The first kappa shape index (κ1) is 13.7. The van der Waals surface area contributed by atoms with E-state index in [1.165, 1.54) is 0 Å². The van der Waals surface area contributed by atoms with Gasteiger partial charge in [-0.15, -0.1) is 11.8 Å². The lowest BCUT2D eigenvalue weighted by molar-refractivity contribution is 0.0473. The van der Waals surface area contributed by atoms with Gasteiger partial charge >= 0.3 is 0 Å². The third kappa shape index (κ3) is 2.99. The molecule has 1 aliphatic rings. The SMILES string of the molecule is CSc1ccc(Cl)c(C(=O)N2CCC[C@H](O)C2)c1. The molecule has 0 aliphatic carbocycles. The number of benzene rings is 1. The molecule has 0 aromatic heterocycles. The molecule has 1 saturated heterocycles. The monoisotopic (exact) mass is 285 g/mol. The minimum atomic E-state index is -0.412. The van der Waals surface area contributed by atoms with E-state index in [2.05, 4.69) is 0 Å². The molecule has 1 N–H and O–H groups in total. The number of hydrogen-bond donors (Lipinski definition) is 1. The Balaban J connectivity index is 2.22. The summed E-state index contributed by atoms with van der Waals surface area (Å²) in [5.41, 5.74) is 0.526. The number of halogens is 1. The highest BCUT2D eigenvalue weighted by Gasteiger charge is 2.24. The molecule has 0 spiro atoms. The number of β-amino-alcohol motifs (C(OH)–C–C–N with tert-alkyl or cyclic N) is 1. The van der Waals surface area contributed by atoms with E-state index in [9.17, 15) is 9.90 Å². The molecule has 1 aromatic rings. The molecule has 1 heterocycles. The number of hydrogen-bond acceptors (Lipinski definition) is 3. The van der Waals surface area contributed by atoms with Crippen molar-refractivity contribution in [2.45, 2.75) is 23.8 Å². The van der Waals surface area contributed by atoms with Crippen LogP contribution in [0.15, 0.2) is 23.1 Å². The van der Waals surface area contributed by atoms with E-state index >= 15 is 0 Å². The number of amides is 1. The van der Waals surface area contributed by atoms with E-state index in [1.807, 2.05) is 18.4 Å². The van der Waals surface area contributed by atoms with Crippen molar-refractivity contribution in [3.8, 4) is 0 Å². The molecule has 98 valence electrons. The third-order valence-electron chi connectivity index (χ3n) is 3.09. The zero-order chi connectivity index (χ0) is 13.1. The van der Waals surface area contributed by atoms with Gasteiger partial charge in [0.05, 0.1) is 16.7 Å². The maximum atomic E-state index is 12.4. The van der Waals surface area contributed by atoms with Crippen LogP contribution in [0.25, 0.3) is 0 Å². The Kier molecular flexibility index (Phi) is 4.54. The maximum absolute atomic E-state index is 12.4. The molecule has 5 heteroatoms. The summed E-state index contributed by atoms with van der Waals surface area (Å²) in [7, 11) is 0. The number of carbonyl (C=O) groups is 1. The van der Waals surface area contributed by atoms with Gasteiger partial charge in [0.2, 0.25) is 0 Å². The summed E-state index contributed by atoms with van der Waals surface area (Å²) in [6.45, 7) is 1.09. The van der Waals surface area contributed by atoms with Gasteiger partial charge in [-0.25, -0.2) is 0 Å². The van der Waals surface area contributed by atoms with Crippen molar-refractivity contribution >= 4 is 29.3 Å². The lowest BCUT2D eigenvalue weighted by atomic mass is 10.1. The number of nitrogens with zero attached hydrogens (tertiary/aromatic N) is 1. The van der Waals surface area contributed by atoms with Crippen LogP contribution in [0.3, 0.4) is 0 Å². The van der Waals surface area contributed by atoms with Crippen molar-refractivity contribution in [1.82, 2.24) is 4.90 Å². The maximum Gasteiger partial charge on any atom is 0.255 e. The van der Waals surface area contributed by atoms with Gasteiger partial charge in [-0.2, -0.15) is 0 Å². The van der Waals surface area contributed by atoms with Crippen LogP contribution in [-0.2, 0) is 0 Å². The number of likely N-dealkylation sites (tertiary alicyclic amines) is 1. The molecule has 3 nitrogen and oxygen atoms in total. The second-order valence-electron chi connectivity index (χ2n) is 4.39. The van der Waals surface area contributed by atoms with Crippen molar-refractivity contribution in [2.24, 2.45) is 0 Å². The first-order valence-electron chi connectivity index (χ1n) is 5.92. The Hall–Kier alpha value is -0.710. The lowest BCUT2D eigenvalue weighted by Crippen LogP contribution is -2.42. The normalized spacial score (nSPS) is 19.9. The van der Waals surface area contributed by atoms with Crippen LogP contribution in [-0.4, -0.2) is 41.4 Å². The largest absolute Gasteiger partial charge is 0.391 e. The van der Waals surface area contributed by atoms with Crippen LogP contribution in [0.2, 0.25) is 5.02 Å². The highest BCUT2D eigenvalue weighted by molar-refractivity contribution is 7.98. The molecule has 18 heavy (non-hydrogen) atoms. The van der Waals surface area contributed by atoms with Crippen molar-refractivity contribution in [3.63, 3.8) is 0 Å². The van der Waals surface area contributed by atoms with Gasteiger partial charge in [0.15, 0.2) is 0 Å². The molecule has 2 rings (SSSR count). The van der Waals surface area contributed by atoms with Gasteiger partial charge in [-0.1, -0.05) is 11.6 Å².